The number of unbranched alkanes of at least 4 members (excludes halogenated alkanes) is 5. The minimum absolute atomic E-state index is 0.0741. The van der Waals surface area contributed by atoms with Gasteiger partial charge in [-0.15, -0.1) is 0 Å². The Kier molecular flexibility index (Phi) is 6.09. The van der Waals surface area contributed by atoms with Crippen molar-refractivity contribution in [1.82, 2.24) is 0 Å². The molecule has 1 aliphatic rings. The van der Waals surface area contributed by atoms with E-state index in [2.05, 4.69) is 37.3 Å². The monoisotopic (exact) mass is 274 g/mol. The largest absolute Gasteiger partial charge is 0.392 e. The molecule has 1 nitrogen and oxygen atoms in total. The lowest BCUT2D eigenvalue weighted by molar-refractivity contribution is 0.0204. The highest BCUT2D eigenvalue weighted by Gasteiger charge is 2.44. The molecule has 0 amide bonds. The molecule has 0 radical (unpaired) electrons. The highest BCUT2D eigenvalue weighted by Crippen LogP contribution is 2.47. The highest BCUT2D eigenvalue weighted by molar-refractivity contribution is 5.29. The summed E-state index contributed by atoms with van der Waals surface area (Å²) < 4.78 is 0. The van der Waals surface area contributed by atoms with Crippen LogP contribution in [0.1, 0.15) is 76.7 Å². The zero-order valence-corrected chi connectivity index (χ0v) is 13.0. The van der Waals surface area contributed by atoms with Crippen molar-refractivity contribution in [2.75, 3.05) is 0 Å². The van der Waals surface area contributed by atoms with E-state index in [1.165, 1.54) is 50.5 Å². The molecule has 1 aromatic rings. The molecule has 1 aliphatic carbocycles. The first-order valence-electron chi connectivity index (χ1n) is 8.53. The van der Waals surface area contributed by atoms with Gasteiger partial charge in [0.25, 0.3) is 0 Å². The molecule has 0 saturated heterocycles. The predicted octanol–water partition coefficient (Wildman–Crippen LogP) is 5.22. The van der Waals surface area contributed by atoms with E-state index < -0.39 is 0 Å². The van der Waals surface area contributed by atoms with Gasteiger partial charge in [-0.1, -0.05) is 82.2 Å². The van der Waals surface area contributed by atoms with Crippen LogP contribution < -0.4 is 0 Å². The molecule has 0 bridgehead atoms. The third-order valence-corrected chi connectivity index (χ3v) is 5.06. The van der Waals surface area contributed by atoms with E-state index in [1.54, 1.807) is 0 Å². The van der Waals surface area contributed by atoms with Crippen LogP contribution in [0.25, 0.3) is 0 Å². The SMILES string of the molecule is CCCCCCCCC(O)C1(c2ccccc2)CCC1. The maximum atomic E-state index is 10.7. The fraction of sp³-hybridized carbons (Fsp3) is 0.684. The maximum absolute atomic E-state index is 10.7. The second kappa shape index (κ2) is 7.83. The van der Waals surface area contributed by atoms with Crippen LogP contribution in [0.3, 0.4) is 0 Å². The summed E-state index contributed by atoms with van der Waals surface area (Å²) in [4.78, 5) is 0. The number of aliphatic hydroxyl groups excluding tert-OH is 1. The first-order chi connectivity index (χ1) is 9.79. The van der Waals surface area contributed by atoms with Crippen LogP contribution in [0.4, 0.5) is 0 Å². The molecule has 1 N–H and O–H groups in total. The van der Waals surface area contributed by atoms with Crippen molar-refractivity contribution in [3.05, 3.63) is 35.9 Å². The van der Waals surface area contributed by atoms with Crippen LogP contribution in [-0.4, -0.2) is 11.2 Å². The summed E-state index contributed by atoms with van der Waals surface area (Å²) >= 11 is 0. The number of benzene rings is 1. The lowest BCUT2D eigenvalue weighted by atomic mass is 9.60. The summed E-state index contributed by atoms with van der Waals surface area (Å²) in [5.41, 5.74) is 1.43. The van der Waals surface area contributed by atoms with E-state index in [4.69, 9.17) is 0 Å². The smallest absolute Gasteiger partial charge is 0.0636 e. The zero-order valence-electron chi connectivity index (χ0n) is 13.0. The molecular formula is C19H30O. The predicted molar refractivity (Wildman–Crippen MR) is 86.0 cm³/mol. The Bertz CT molecular complexity index is 367. The Morgan fingerprint density at radius 3 is 2.25 bits per heavy atom. The summed E-state index contributed by atoms with van der Waals surface area (Å²) in [7, 11) is 0. The fourth-order valence-electron chi connectivity index (χ4n) is 3.54. The summed E-state index contributed by atoms with van der Waals surface area (Å²) in [5.74, 6) is 0. The second-order valence-electron chi connectivity index (χ2n) is 6.45. The molecule has 2 rings (SSSR count). The first-order valence-corrected chi connectivity index (χ1v) is 8.53. The molecule has 1 heteroatoms. The molecule has 0 heterocycles. The molecule has 1 aromatic carbocycles. The molecule has 20 heavy (non-hydrogen) atoms. The normalized spacial score (nSPS) is 18.5. The zero-order chi connectivity index (χ0) is 14.3. The summed E-state index contributed by atoms with van der Waals surface area (Å²) in [5, 5.41) is 10.7. The van der Waals surface area contributed by atoms with E-state index in [9.17, 15) is 5.11 Å². The van der Waals surface area contributed by atoms with E-state index in [0.29, 0.717) is 0 Å². The molecule has 1 unspecified atom stereocenters. The molecule has 1 atom stereocenters. The van der Waals surface area contributed by atoms with Gasteiger partial charge in [0.1, 0.15) is 0 Å². The van der Waals surface area contributed by atoms with Crippen molar-refractivity contribution < 1.29 is 5.11 Å². The third kappa shape index (κ3) is 3.63. The van der Waals surface area contributed by atoms with Gasteiger partial charge in [0.2, 0.25) is 0 Å². The number of rotatable bonds is 9. The fourth-order valence-corrected chi connectivity index (χ4v) is 3.54. The van der Waals surface area contributed by atoms with Gasteiger partial charge in [-0.2, -0.15) is 0 Å². The van der Waals surface area contributed by atoms with Crippen molar-refractivity contribution in [1.29, 1.82) is 0 Å². The Hall–Kier alpha value is -0.820. The Morgan fingerprint density at radius 2 is 1.65 bits per heavy atom. The number of hydrogen-bond donors (Lipinski definition) is 1. The lowest BCUT2D eigenvalue weighted by Crippen LogP contribution is -2.45. The van der Waals surface area contributed by atoms with E-state index in [1.807, 2.05) is 0 Å². The molecule has 112 valence electrons. The van der Waals surface area contributed by atoms with E-state index in [-0.39, 0.29) is 11.5 Å². The summed E-state index contributed by atoms with van der Waals surface area (Å²) in [6.45, 7) is 2.25. The summed E-state index contributed by atoms with van der Waals surface area (Å²) in [6, 6.07) is 10.7. The Morgan fingerprint density at radius 1 is 1.00 bits per heavy atom. The standard InChI is InChI=1S/C19H30O/c1-2-3-4-5-6-10-14-18(20)19(15-11-16-19)17-12-8-7-9-13-17/h7-9,12-13,18,20H,2-6,10-11,14-16H2,1H3. The van der Waals surface area contributed by atoms with Gasteiger partial charge in [0.15, 0.2) is 0 Å². The lowest BCUT2D eigenvalue weighted by Gasteiger charge is -2.46. The first kappa shape index (κ1) is 15.6. The number of aliphatic hydroxyl groups is 1. The molecule has 1 saturated carbocycles. The van der Waals surface area contributed by atoms with Gasteiger partial charge < -0.3 is 5.11 Å². The Labute approximate surface area is 124 Å². The number of hydrogen-bond acceptors (Lipinski definition) is 1. The van der Waals surface area contributed by atoms with Crippen molar-refractivity contribution in [3.63, 3.8) is 0 Å². The topological polar surface area (TPSA) is 20.2 Å². The van der Waals surface area contributed by atoms with Crippen LogP contribution in [0, 0.1) is 0 Å². The van der Waals surface area contributed by atoms with Gasteiger partial charge in [0.05, 0.1) is 6.10 Å². The van der Waals surface area contributed by atoms with Gasteiger partial charge in [-0.25, -0.2) is 0 Å². The van der Waals surface area contributed by atoms with E-state index >= 15 is 0 Å². The van der Waals surface area contributed by atoms with Crippen LogP contribution in [0.2, 0.25) is 0 Å². The molecule has 0 aromatic heterocycles. The highest BCUT2D eigenvalue weighted by atomic mass is 16.3. The van der Waals surface area contributed by atoms with Gasteiger partial charge in [0, 0.05) is 5.41 Å². The minimum Gasteiger partial charge on any atom is -0.392 e. The molecule has 0 spiro atoms. The third-order valence-electron chi connectivity index (χ3n) is 5.06. The molecule has 1 fully saturated rings. The van der Waals surface area contributed by atoms with Crippen LogP contribution >= 0.6 is 0 Å². The average molecular weight is 274 g/mol. The average Bonchev–Trinajstić information content (AvgIpc) is 2.43. The van der Waals surface area contributed by atoms with Gasteiger partial charge >= 0.3 is 0 Å². The Balaban J connectivity index is 1.79. The molecular weight excluding hydrogens is 244 g/mol. The van der Waals surface area contributed by atoms with Crippen LogP contribution in [0.15, 0.2) is 30.3 Å². The maximum Gasteiger partial charge on any atom is 0.0636 e. The quantitative estimate of drug-likeness (QED) is 0.612. The minimum atomic E-state index is -0.148. The second-order valence-corrected chi connectivity index (χ2v) is 6.45. The molecule has 0 aliphatic heterocycles. The van der Waals surface area contributed by atoms with E-state index in [0.717, 1.165) is 19.3 Å². The van der Waals surface area contributed by atoms with Gasteiger partial charge in [-0.3, -0.25) is 0 Å². The van der Waals surface area contributed by atoms with Gasteiger partial charge in [-0.05, 0) is 24.8 Å². The van der Waals surface area contributed by atoms with Crippen molar-refractivity contribution in [3.8, 4) is 0 Å². The summed E-state index contributed by atoms with van der Waals surface area (Å²) in [6.07, 6.45) is 12.2. The van der Waals surface area contributed by atoms with Crippen molar-refractivity contribution in [2.24, 2.45) is 0 Å². The van der Waals surface area contributed by atoms with Crippen molar-refractivity contribution in [2.45, 2.75) is 82.7 Å². The van der Waals surface area contributed by atoms with Crippen LogP contribution in [-0.2, 0) is 5.41 Å². The van der Waals surface area contributed by atoms with Crippen molar-refractivity contribution >= 4 is 0 Å². The van der Waals surface area contributed by atoms with Crippen LogP contribution in [0.5, 0.6) is 0 Å².